The van der Waals surface area contributed by atoms with Gasteiger partial charge in [-0.2, -0.15) is 0 Å². The van der Waals surface area contributed by atoms with E-state index in [2.05, 4.69) is 21.7 Å². The van der Waals surface area contributed by atoms with E-state index in [-0.39, 0.29) is 0 Å². The molecule has 1 fully saturated rings. The summed E-state index contributed by atoms with van der Waals surface area (Å²) in [5, 5.41) is 0. The topological polar surface area (TPSA) is 38.1 Å². The maximum absolute atomic E-state index is 4.45. The molecule has 13 heavy (non-hydrogen) atoms. The van der Waals surface area contributed by atoms with Crippen LogP contribution in [0.2, 0.25) is 0 Å². The van der Waals surface area contributed by atoms with Crippen LogP contribution in [0.5, 0.6) is 0 Å². The highest BCUT2D eigenvalue weighted by molar-refractivity contribution is 5.29. The highest BCUT2D eigenvalue weighted by Crippen LogP contribution is 2.40. The number of nitrogens with zero attached hydrogens (tertiary/aromatic N) is 3. The molecule has 1 heterocycles. The molecule has 1 aliphatic carbocycles. The Morgan fingerprint density at radius 1 is 1.62 bits per heavy atom. The fourth-order valence-electron chi connectivity index (χ4n) is 1.46. The predicted molar refractivity (Wildman–Crippen MR) is 52.0 cm³/mol. The van der Waals surface area contributed by atoms with E-state index in [1.165, 1.54) is 18.5 Å². The average molecular weight is 175 g/mol. The van der Waals surface area contributed by atoms with Gasteiger partial charge in [-0.15, -0.1) is 0 Å². The molecular formula is C10H13N3. The summed E-state index contributed by atoms with van der Waals surface area (Å²) in [6, 6.07) is 0. The van der Waals surface area contributed by atoms with Gasteiger partial charge in [-0.25, -0.2) is 9.97 Å². The Balaban J connectivity index is 2.35. The molecule has 0 N–H and O–H groups in total. The Bertz CT molecular complexity index is 329. The fourth-order valence-corrected chi connectivity index (χ4v) is 1.46. The number of rotatable bonds is 3. The van der Waals surface area contributed by atoms with Gasteiger partial charge >= 0.3 is 0 Å². The van der Waals surface area contributed by atoms with E-state index in [0.717, 1.165) is 11.4 Å². The van der Waals surface area contributed by atoms with Gasteiger partial charge in [0.25, 0.3) is 0 Å². The minimum absolute atomic E-state index is 0.645. The smallest absolute Gasteiger partial charge is 0.125 e. The van der Waals surface area contributed by atoms with Crippen LogP contribution in [0.1, 0.15) is 35.8 Å². The largest absolute Gasteiger partial charge is 0.296 e. The zero-order valence-electron chi connectivity index (χ0n) is 7.82. The molecule has 2 rings (SSSR count). The Hall–Kier alpha value is -1.25. The van der Waals surface area contributed by atoms with E-state index in [4.69, 9.17) is 0 Å². The van der Waals surface area contributed by atoms with Crippen molar-refractivity contribution in [2.75, 3.05) is 0 Å². The van der Waals surface area contributed by atoms with E-state index in [0.29, 0.717) is 12.5 Å². The average Bonchev–Trinajstić information content (AvgIpc) is 2.91. The van der Waals surface area contributed by atoms with Gasteiger partial charge in [-0.1, -0.05) is 0 Å². The van der Waals surface area contributed by atoms with Crippen molar-refractivity contribution >= 4 is 6.72 Å². The molecule has 0 atom stereocenters. The summed E-state index contributed by atoms with van der Waals surface area (Å²) in [4.78, 5) is 12.5. The highest BCUT2D eigenvalue weighted by atomic mass is 14.9. The van der Waals surface area contributed by atoms with Gasteiger partial charge in [0.15, 0.2) is 0 Å². The third kappa shape index (κ3) is 1.74. The van der Waals surface area contributed by atoms with Crippen LogP contribution in [-0.4, -0.2) is 16.7 Å². The lowest BCUT2D eigenvalue weighted by Crippen LogP contribution is -1.99. The second kappa shape index (κ2) is 3.24. The van der Waals surface area contributed by atoms with Crippen molar-refractivity contribution in [2.24, 2.45) is 4.99 Å². The Morgan fingerprint density at radius 2 is 2.38 bits per heavy atom. The van der Waals surface area contributed by atoms with E-state index >= 15 is 0 Å². The summed E-state index contributed by atoms with van der Waals surface area (Å²) in [5.74, 6) is 1.52. The summed E-state index contributed by atoms with van der Waals surface area (Å²) >= 11 is 0. The molecule has 0 saturated heterocycles. The number of hydrogen-bond acceptors (Lipinski definition) is 3. The normalized spacial score (nSPS) is 15.8. The van der Waals surface area contributed by atoms with Gasteiger partial charge in [0.05, 0.1) is 12.2 Å². The quantitative estimate of drug-likeness (QED) is 0.658. The molecule has 1 aliphatic rings. The standard InChI is InChI=1S/C10H13N3/c1-7-12-6-9(5-11-2)10(13-7)8-3-4-8/h6,8H,2-5H2,1H3. The third-order valence-electron chi connectivity index (χ3n) is 2.26. The van der Waals surface area contributed by atoms with Crippen LogP contribution in [-0.2, 0) is 6.54 Å². The second-order valence-electron chi connectivity index (χ2n) is 3.48. The molecule has 0 radical (unpaired) electrons. The van der Waals surface area contributed by atoms with Crippen LogP contribution in [0.3, 0.4) is 0 Å². The summed E-state index contributed by atoms with van der Waals surface area (Å²) in [6.07, 6.45) is 4.41. The molecule has 0 unspecified atom stereocenters. The Labute approximate surface area is 77.9 Å². The number of hydrogen-bond donors (Lipinski definition) is 0. The second-order valence-corrected chi connectivity index (χ2v) is 3.48. The predicted octanol–water partition coefficient (Wildman–Crippen LogP) is 1.86. The molecule has 1 saturated carbocycles. The highest BCUT2D eigenvalue weighted by Gasteiger charge is 2.27. The molecule has 1 aromatic heterocycles. The fraction of sp³-hybridized carbons (Fsp3) is 0.500. The zero-order valence-corrected chi connectivity index (χ0v) is 7.82. The Morgan fingerprint density at radius 3 is 3.00 bits per heavy atom. The number of aromatic nitrogens is 2. The van der Waals surface area contributed by atoms with Gasteiger partial charge in [-0.05, 0) is 26.5 Å². The van der Waals surface area contributed by atoms with E-state index < -0.39 is 0 Å². The minimum Gasteiger partial charge on any atom is -0.296 e. The van der Waals surface area contributed by atoms with Crippen LogP contribution >= 0.6 is 0 Å². The Kier molecular flexibility index (Phi) is 2.08. The van der Waals surface area contributed by atoms with E-state index in [1.807, 2.05) is 13.1 Å². The lowest BCUT2D eigenvalue weighted by molar-refractivity contribution is 0.880. The molecule has 0 aliphatic heterocycles. The monoisotopic (exact) mass is 175 g/mol. The van der Waals surface area contributed by atoms with Gasteiger partial charge in [0, 0.05) is 17.7 Å². The number of aryl methyl sites for hydroxylation is 1. The van der Waals surface area contributed by atoms with Crippen LogP contribution in [0.4, 0.5) is 0 Å². The first-order valence-electron chi connectivity index (χ1n) is 4.56. The molecule has 3 heteroatoms. The van der Waals surface area contributed by atoms with Gasteiger partial charge < -0.3 is 0 Å². The van der Waals surface area contributed by atoms with Crippen molar-refractivity contribution in [1.82, 2.24) is 9.97 Å². The van der Waals surface area contributed by atoms with Crippen LogP contribution < -0.4 is 0 Å². The van der Waals surface area contributed by atoms with Gasteiger partial charge in [0.2, 0.25) is 0 Å². The first kappa shape index (κ1) is 8.35. The maximum atomic E-state index is 4.45. The van der Waals surface area contributed by atoms with Crippen molar-refractivity contribution in [3.05, 3.63) is 23.3 Å². The first-order valence-corrected chi connectivity index (χ1v) is 4.56. The molecule has 68 valence electrons. The van der Waals surface area contributed by atoms with E-state index in [9.17, 15) is 0 Å². The van der Waals surface area contributed by atoms with Crippen molar-refractivity contribution in [3.63, 3.8) is 0 Å². The summed E-state index contributed by atoms with van der Waals surface area (Å²) in [7, 11) is 0. The van der Waals surface area contributed by atoms with Crippen LogP contribution in [0.25, 0.3) is 0 Å². The molecule has 0 aromatic carbocycles. The maximum Gasteiger partial charge on any atom is 0.125 e. The molecular weight excluding hydrogens is 162 g/mol. The van der Waals surface area contributed by atoms with Crippen molar-refractivity contribution in [1.29, 1.82) is 0 Å². The molecule has 0 spiro atoms. The molecule has 1 aromatic rings. The zero-order chi connectivity index (χ0) is 9.26. The molecule has 0 amide bonds. The SMILES string of the molecule is C=NCc1cnc(C)nc1C1CC1. The third-order valence-corrected chi connectivity index (χ3v) is 2.26. The lowest BCUT2D eigenvalue weighted by Gasteiger charge is -2.04. The van der Waals surface area contributed by atoms with Crippen LogP contribution in [0.15, 0.2) is 11.2 Å². The van der Waals surface area contributed by atoms with Crippen molar-refractivity contribution < 1.29 is 0 Å². The minimum atomic E-state index is 0.645. The van der Waals surface area contributed by atoms with Crippen molar-refractivity contribution in [2.45, 2.75) is 32.2 Å². The lowest BCUT2D eigenvalue weighted by atomic mass is 10.1. The van der Waals surface area contributed by atoms with Crippen LogP contribution in [0, 0.1) is 6.92 Å². The summed E-state index contributed by atoms with van der Waals surface area (Å²) in [6.45, 7) is 6.07. The first-order chi connectivity index (χ1) is 6.31. The van der Waals surface area contributed by atoms with Gasteiger partial charge in [0.1, 0.15) is 5.82 Å². The summed E-state index contributed by atoms with van der Waals surface area (Å²) < 4.78 is 0. The van der Waals surface area contributed by atoms with E-state index in [1.54, 1.807) is 0 Å². The number of aliphatic imine (C=N–C) groups is 1. The summed E-state index contributed by atoms with van der Waals surface area (Å²) in [5.41, 5.74) is 2.34. The molecule has 0 bridgehead atoms. The van der Waals surface area contributed by atoms with Gasteiger partial charge in [-0.3, -0.25) is 4.99 Å². The molecule has 3 nitrogen and oxygen atoms in total. The van der Waals surface area contributed by atoms with Crippen molar-refractivity contribution in [3.8, 4) is 0 Å².